The quantitative estimate of drug-likeness (QED) is 0.254. The number of carbonyl (C=O) groups is 1. The van der Waals surface area contributed by atoms with E-state index in [0.717, 1.165) is 18.4 Å². The lowest BCUT2D eigenvalue weighted by molar-refractivity contribution is 0.0751. The van der Waals surface area contributed by atoms with Gasteiger partial charge < -0.3 is 9.64 Å². The summed E-state index contributed by atoms with van der Waals surface area (Å²) < 4.78 is 34.8. The summed E-state index contributed by atoms with van der Waals surface area (Å²) in [4.78, 5) is 15.3. The van der Waals surface area contributed by atoms with Gasteiger partial charge in [0.15, 0.2) is 0 Å². The number of sulfonamides is 1. The Hall–Kier alpha value is -2.10. The molecule has 0 atom stereocenters. The molecule has 1 aliphatic heterocycles. The van der Waals surface area contributed by atoms with E-state index < -0.39 is 10.0 Å². The standard InChI is InChI=1S/C28H29BrCl2N2O4S/c1-3-32(18-21-6-4-5-7-26(21)37-22-9-11-24(30)25(31)17-22)28(34)20-8-10-23(29)27(16-20)38(35,36)33-14-12-19(2)13-15-33/h4-11,16-17,19H,3,12-15,18H2,1-2H3. The Labute approximate surface area is 242 Å². The van der Waals surface area contributed by atoms with Crippen molar-refractivity contribution >= 4 is 55.1 Å². The first-order valence-corrected chi connectivity index (χ1v) is 15.4. The largest absolute Gasteiger partial charge is 0.457 e. The summed E-state index contributed by atoms with van der Waals surface area (Å²) in [5.74, 6) is 1.33. The number of rotatable bonds is 8. The molecule has 1 heterocycles. The van der Waals surface area contributed by atoms with Crippen molar-refractivity contribution < 1.29 is 17.9 Å². The van der Waals surface area contributed by atoms with E-state index in [2.05, 4.69) is 22.9 Å². The van der Waals surface area contributed by atoms with E-state index in [0.29, 0.717) is 57.1 Å². The zero-order valence-corrected chi connectivity index (χ0v) is 25.1. The lowest BCUT2D eigenvalue weighted by Gasteiger charge is -2.30. The highest BCUT2D eigenvalue weighted by atomic mass is 79.9. The van der Waals surface area contributed by atoms with E-state index in [1.807, 2.05) is 31.2 Å². The Balaban J connectivity index is 1.57. The van der Waals surface area contributed by atoms with Gasteiger partial charge in [-0.15, -0.1) is 0 Å². The van der Waals surface area contributed by atoms with Crippen LogP contribution in [0.25, 0.3) is 0 Å². The minimum absolute atomic E-state index is 0.109. The first kappa shape index (κ1) is 28.9. The molecular formula is C28H29BrCl2N2O4S. The van der Waals surface area contributed by atoms with Crippen LogP contribution >= 0.6 is 39.1 Å². The van der Waals surface area contributed by atoms with E-state index in [1.54, 1.807) is 35.2 Å². The summed E-state index contributed by atoms with van der Waals surface area (Å²) in [6.07, 6.45) is 1.64. The normalized spacial score (nSPS) is 14.9. The van der Waals surface area contributed by atoms with Crippen LogP contribution in [0.3, 0.4) is 0 Å². The molecule has 38 heavy (non-hydrogen) atoms. The van der Waals surface area contributed by atoms with Gasteiger partial charge in [-0.05, 0) is 78.0 Å². The lowest BCUT2D eigenvalue weighted by atomic mass is 10.0. The number of amides is 1. The molecule has 3 aromatic rings. The topological polar surface area (TPSA) is 66.9 Å². The summed E-state index contributed by atoms with van der Waals surface area (Å²) in [6, 6.07) is 17.2. The molecule has 0 saturated carbocycles. The van der Waals surface area contributed by atoms with Gasteiger partial charge in [0.1, 0.15) is 11.5 Å². The van der Waals surface area contributed by atoms with Crippen LogP contribution in [-0.2, 0) is 16.6 Å². The first-order chi connectivity index (χ1) is 18.1. The number of carbonyl (C=O) groups excluding carboxylic acids is 1. The van der Waals surface area contributed by atoms with E-state index in [1.165, 1.54) is 10.4 Å². The number of nitrogens with zero attached hydrogens (tertiary/aromatic N) is 2. The highest BCUT2D eigenvalue weighted by Crippen LogP contribution is 2.33. The molecule has 1 fully saturated rings. The predicted molar refractivity (Wildman–Crippen MR) is 155 cm³/mol. The van der Waals surface area contributed by atoms with Crippen molar-refractivity contribution in [3.63, 3.8) is 0 Å². The summed E-state index contributed by atoms with van der Waals surface area (Å²) in [6.45, 7) is 5.66. The maximum absolute atomic E-state index is 13.6. The third-order valence-electron chi connectivity index (χ3n) is 6.66. The second kappa shape index (κ2) is 12.4. The van der Waals surface area contributed by atoms with Gasteiger partial charge >= 0.3 is 0 Å². The van der Waals surface area contributed by atoms with Crippen LogP contribution in [0.1, 0.15) is 42.6 Å². The predicted octanol–water partition coefficient (Wildman–Crippen LogP) is 7.63. The van der Waals surface area contributed by atoms with Crippen molar-refractivity contribution in [3.05, 3.63) is 86.3 Å². The summed E-state index contributed by atoms with van der Waals surface area (Å²) >= 11 is 15.5. The van der Waals surface area contributed by atoms with Crippen LogP contribution in [0.2, 0.25) is 10.0 Å². The molecule has 4 rings (SSSR count). The third-order valence-corrected chi connectivity index (χ3v) is 10.3. The zero-order valence-electron chi connectivity index (χ0n) is 21.2. The van der Waals surface area contributed by atoms with E-state index in [-0.39, 0.29) is 17.3 Å². The van der Waals surface area contributed by atoms with Gasteiger partial charge in [-0.25, -0.2) is 8.42 Å². The average Bonchev–Trinajstić information content (AvgIpc) is 2.90. The Morgan fingerprint density at radius 3 is 2.45 bits per heavy atom. The summed E-state index contributed by atoms with van der Waals surface area (Å²) in [7, 11) is -3.74. The fourth-order valence-electron chi connectivity index (χ4n) is 4.32. The minimum atomic E-state index is -3.74. The van der Waals surface area contributed by atoms with Crippen LogP contribution in [0.4, 0.5) is 0 Å². The Bertz CT molecular complexity index is 1430. The van der Waals surface area contributed by atoms with Crippen molar-refractivity contribution in [2.45, 2.75) is 38.1 Å². The Kier molecular flexibility index (Phi) is 9.42. The molecule has 0 N–H and O–H groups in total. The maximum atomic E-state index is 13.6. The molecule has 0 spiro atoms. The monoisotopic (exact) mass is 638 g/mol. The molecule has 1 saturated heterocycles. The number of ether oxygens (including phenoxy) is 1. The van der Waals surface area contributed by atoms with Crippen LogP contribution in [0, 0.1) is 5.92 Å². The van der Waals surface area contributed by atoms with E-state index >= 15 is 0 Å². The highest BCUT2D eigenvalue weighted by molar-refractivity contribution is 9.10. The van der Waals surface area contributed by atoms with Crippen LogP contribution in [0.15, 0.2) is 70.0 Å². The van der Waals surface area contributed by atoms with Crippen molar-refractivity contribution in [1.29, 1.82) is 0 Å². The van der Waals surface area contributed by atoms with Crippen molar-refractivity contribution in [3.8, 4) is 11.5 Å². The third kappa shape index (κ3) is 6.54. The number of para-hydroxylation sites is 1. The zero-order chi connectivity index (χ0) is 27.4. The molecule has 0 bridgehead atoms. The van der Waals surface area contributed by atoms with Gasteiger partial charge in [0.05, 0.1) is 14.9 Å². The van der Waals surface area contributed by atoms with E-state index in [4.69, 9.17) is 27.9 Å². The van der Waals surface area contributed by atoms with Gasteiger partial charge in [0.25, 0.3) is 5.91 Å². The minimum Gasteiger partial charge on any atom is -0.457 e. The van der Waals surface area contributed by atoms with Crippen molar-refractivity contribution in [2.75, 3.05) is 19.6 Å². The second-order valence-corrected chi connectivity index (χ2v) is 12.9. The Morgan fingerprint density at radius 2 is 1.76 bits per heavy atom. The molecule has 0 unspecified atom stereocenters. The number of hydrogen-bond donors (Lipinski definition) is 0. The number of hydrogen-bond acceptors (Lipinski definition) is 4. The molecule has 1 amide bonds. The van der Waals surface area contributed by atoms with Crippen LogP contribution in [0.5, 0.6) is 11.5 Å². The van der Waals surface area contributed by atoms with Crippen LogP contribution < -0.4 is 4.74 Å². The molecule has 0 aromatic heterocycles. The van der Waals surface area contributed by atoms with Gasteiger partial charge in [-0.2, -0.15) is 4.31 Å². The smallest absolute Gasteiger partial charge is 0.254 e. The SMILES string of the molecule is CCN(Cc1ccccc1Oc1ccc(Cl)c(Cl)c1)C(=O)c1ccc(Br)c(S(=O)(=O)N2CCC(C)CC2)c1. The Morgan fingerprint density at radius 1 is 1.05 bits per heavy atom. The molecule has 1 aliphatic rings. The van der Waals surface area contributed by atoms with Gasteiger partial charge in [0, 0.05) is 47.8 Å². The number of piperidine rings is 1. The summed E-state index contributed by atoms with van der Waals surface area (Å²) in [5.41, 5.74) is 1.10. The fraction of sp³-hybridized carbons (Fsp3) is 0.321. The molecule has 0 aliphatic carbocycles. The first-order valence-electron chi connectivity index (χ1n) is 12.4. The van der Waals surface area contributed by atoms with Gasteiger partial charge in [-0.3, -0.25) is 4.79 Å². The van der Waals surface area contributed by atoms with Crippen LogP contribution in [-0.4, -0.2) is 43.2 Å². The highest BCUT2D eigenvalue weighted by Gasteiger charge is 2.30. The van der Waals surface area contributed by atoms with Crippen molar-refractivity contribution in [2.24, 2.45) is 5.92 Å². The number of benzene rings is 3. The fourth-order valence-corrected chi connectivity index (χ4v) is 7.02. The van der Waals surface area contributed by atoms with Gasteiger partial charge in [0.2, 0.25) is 10.0 Å². The second-order valence-electron chi connectivity index (χ2n) is 9.34. The van der Waals surface area contributed by atoms with Gasteiger partial charge in [-0.1, -0.05) is 48.3 Å². The molecule has 3 aromatic carbocycles. The molecule has 10 heteroatoms. The molecule has 6 nitrogen and oxygen atoms in total. The molecule has 0 radical (unpaired) electrons. The lowest BCUT2D eigenvalue weighted by Crippen LogP contribution is -2.38. The van der Waals surface area contributed by atoms with Crippen molar-refractivity contribution in [1.82, 2.24) is 9.21 Å². The maximum Gasteiger partial charge on any atom is 0.254 e. The molecule has 202 valence electrons. The average molecular weight is 640 g/mol. The molecular weight excluding hydrogens is 611 g/mol. The number of halogens is 3. The summed E-state index contributed by atoms with van der Waals surface area (Å²) in [5, 5.41) is 0.813. The van der Waals surface area contributed by atoms with E-state index in [9.17, 15) is 13.2 Å².